The second-order valence-corrected chi connectivity index (χ2v) is 17.7. The molecule has 0 unspecified atom stereocenters. The van der Waals surface area contributed by atoms with Gasteiger partial charge >= 0.3 is 6.09 Å². The van der Waals surface area contributed by atoms with E-state index in [4.69, 9.17) is 26.3 Å². The summed E-state index contributed by atoms with van der Waals surface area (Å²) in [4.78, 5) is 30.8. The fraction of sp³-hybridized carbons (Fsp3) is 0.471. The minimum absolute atomic E-state index is 0.0149. The summed E-state index contributed by atoms with van der Waals surface area (Å²) in [6.07, 6.45) is 7.40. The molecule has 0 bridgehead atoms. The smallest absolute Gasteiger partial charge is 0.413 e. The molecule has 4 heterocycles. The van der Waals surface area contributed by atoms with Crippen LogP contribution in [0, 0.1) is 12.3 Å². The number of hydrogen-bond acceptors (Lipinski definition) is 8. The van der Waals surface area contributed by atoms with Gasteiger partial charge in [0.1, 0.15) is 5.60 Å². The zero-order chi connectivity index (χ0) is 33.7. The lowest BCUT2D eigenvalue weighted by molar-refractivity contribution is 0.0635. The lowest BCUT2D eigenvalue weighted by Crippen LogP contribution is -2.48. The van der Waals surface area contributed by atoms with Crippen LogP contribution in [0.2, 0.25) is 5.02 Å². The summed E-state index contributed by atoms with van der Waals surface area (Å²) in [6, 6.07) is 10.4. The number of aromatic nitrogens is 4. The molecule has 3 aromatic heterocycles. The number of benzene rings is 1. The van der Waals surface area contributed by atoms with E-state index < -0.39 is 22.7 Å². The number of aryl methyl sites for hydroxylation is 1. The van der Waals surface area contributed by atoms with Crippen molar-refractivity contribution in [2.45, 2.75) is 93.9 Å². The van der Waals surface area contributed by atoms with Crippen molar-refractivity contribution in [2.75, 3.05) is 23.3 Å². The summed E-state index contributed by atoms with van der Waals surface area (Å²) in [5.41, 5.74) is 3.13. The molecule has 1 aromatic carbocycles. The van der Waals surface area contributed by atoms with Gasteiger partial charge in [-0.05, 0) is 90.3 Å². The molecular formula is C34H42ClN7O3S2. The molecule has 2 atom stereocenters. The van der Waals surface area contributed by atoms with Crippen molar-refractivity contribution in [1.29, 1.82) is 0 Å². The summed E-state index contributed by atoms with van der Waals surface area (Å²) >= 11 is 8.03. The third-order valence-electron chi connectivity index (χ3n) is 8.69. The summed E-state index contributed by atoms with van der Waals surface area (Å²) in [5.74, 6) is 1.02. The Labute approximate surface area is 288 Å². The van der Waals surface area contributed by atoms with Crippen molar-refractivity contribution in [3.05, 3.63) is 70.8 Å². The molecule has 1 amide bonds. The topological polar surface area (TPSA) is 114 Å². The third kappa shape index (κ3) is 6.88. The monoisotopic (exact) mass is 695 g/mol. The van der Waals surface area contributed by atoms with Crippen molar-refractivity contribution >= 4 is 57.9 Å². The van der Waals surface area contributed by atoms with Crippen LogP contribution in [0.4, 0.5) is 16.6 Å². The number of piperidine rings is 1. The number of hydrogen-bond donors (Lipinski definition) is 2. The summed E-state index contributed by atoms with van der Waals surface area (Å²) < 4.78 is 24.1. The van der Waals surface area contributed by atoms with E-state index in [0.29, 0.717) is 33.0 Å². The number of amides is 1. The first-order valence-electron chi connectivity index (χ1n) is 15.8. The van der Waals surface area contributed by atoms with Crippen molar-refractivity contribution < 1.29 is 13.7 Å². The number of carbonyl (C=O) groups is 1. The lowest BCUT2D eigenvalue weighted by atomic mass is 9.73. The van der Waals surface area contributed by atoms with Crippen molar-refractivity contribution in [2.24, 2.45) is 5.41 Å². The van der Waals surface area contributed by atoms with Crippen LogP contribution < -0.4 is 14.9 Å². The van der Waals surface area contributed by atoms with Gasteiger partial charge in [-0.2, -0.15) is 4.98 Å². The van der Waals surface area contributed by atoms with Gasteiger partial charge in [0.15, 0.2) is 11.5 Å². The zero-order valence-corrected chi connectivity index (χ0v) is 30.3. The SMILES string of the molecule is Cc1nccc(Sc2c(NC(=O)OC(C)(C)C)nc(N3CCC4(CC3)Cc3ccccc3[C@H]4N[S@](=O)C(C)(C)C)n3ccnc23)c1Cl. The molecule has 2 N–H and O–H groups in total. The number of nitrogens with zero attached hydrogens (tertiary/aromatic N) is 5. The van der Waals surface area contributed by atoms with Gasteiger partial charge in [-0.15, -0.1) is 0 Å². The second-order valence-electron chi connectivity index (χ2n) is 14.3. The molecule has 47 heavy (non-hydrogen) atoms. The van der Waals surface area contributed by atoms with Gasteiger partial charge in [-0.3, -0.25) is 14.7 Å². The number of anilines is 2. The number of imidazole rings is 1. The maximum absolute atomic E-state index is 13.4. The van der Waals surface area contributed by atoms with Crippen LogP contribution in [0.15, 0.2) is 58.7 Å². The van der Waals surface area contributed by atoms with Gasteiger partial charge in [0.25, 0.3) is 0 Å². The maximum Gasteiger partial charge on any atom is 0.413 e. The first-order chi connectivity index (χ1) is 22.1. The molecule has 0 radical (unpaired) electrons. The predicted molar refractivity (Wildman–Crippen MR) is 189 cm³/mol. The minimum Gasteiger partial charge on any atom is -0.444 e. The summed E-state index contributed by atoms with van der Waals surface area (Å²) in [6.45, 7) is 14.8. The molecule has 10 nitrogen and oxygen atoms in total. The number of rotatable bonds is 6. The van der Waals surface area contributed by atoms with Crippen LogP contribution in [0.1, 0.15) is 77.2 Å². The molecule has 0 saturated carbocycles. The molecule has 4 aromatic rings. The van der Waals surface area contributed by atoms with Crippen LogP contribution in [0.3, 0.4) is 0 Å². The number of ether oxygens (including phenoxy) is 1. The van der Waals surface area contributed by atoms with Crippen LogP contribution in [0.5, 0.6) is 0 Å². The Kier molecular flexibility index (Phi) is 9.10. The third-order valence-corrected chi connectivity index (χ3v) is 12.0. The number of halogens is 1. The molecule has 1 fully saturated rings. The molecule has 6 rings (SSSR count). The van der Waals surface area contributed by atoms with E-state index in [1.165, 1.54) is 22.9 Å². The molecule has 250 valence electrons. The number of nitrogens with one attached hydrogen (secondary N) is 2. The average molecular weight is 696 g/mol. The van der Waals surface area contributed by atoms with E-state index in [1.807, 2.05) is 65.1 Å². The number of carbonyl (C=O) groups excluding carboxylic acids is 1. The van der Waals surface area contributed by atoms with Gasteiger partial charge < -0.3 is 9.64 Å². The van der Waals surface area contributed by atoms with Gasteiger partial charge in [0.05, 0.1) is 37.4 Å². The van der Waals surface area contributed by atoms with Gasteiger partial charge in [-0.1, -0.05) is 47.6 Å². The predicted octanol–water partition coefficient (Wildman–Crippen LogP) is 7.52. The van der Waals surface area contributed by atoms with Crippen LogP contribution >= 0.6 is 23.4 Å². The van der Waals surface area contributed by atoms with E-state index in [-0.39, 0.29) is 16.2 Å². The minimum atomic E-state index is -1.22. The summed E-state index contributed by atoms with van der Waals surface area (Å²) in [5, 5.41) is 3.44. The van der Waals surface area contributed by atoms with Crippen LogP contribution in [0.25, 0.3) is 5.65 Å². The summed E-state index contributed by atoms with van der Waals surface area (Å²) in [7, 11) is -1.22. The fourth-order valence-electron chi connectivity index (χ4n) is 6.34. The molecule has 13 heteroatoms. The maximum atomic E-state index is 13.4. The van der Waals surface area contributed by atoms with E-state index in [9.17, 15) is 9.00 Å². The Balaban J connectivity index is 1.35. The van der Waals surface area contributed by atoms with Crippen molar-refractivity contribution in [3.8, 4) is 0 Å². The first kappa shape index (κ1) is 33.7. The highest BCUT2D eigenvalue weighted by Crippen LogP contribution is 2.53. The molecule has 1 aliphatic carbocycles. The highest BCUT2D eigenvalue weighted by atomic mass is 35.5. The molecular weight excluding hydrogens is 654 g/mol. The van der Waals surface area contributed by atoms with Gasteiger partial charge in [0.2, 0.25) is 5.95 Å². The van der Waals surface area contributed by atoms with Crippen LogP contribution in [-0.2, 0) is 22.1 Å². The van der Waals surface area contributed by atoms with Crippen molar-refractivity contribution in [1.82, 2.24) is 24.1 Å². The average Bonchev–Trinajstić information content (AvgIpc) is 3.59. The Morgan fingerprint density at radius 2 is 1.81 bits per heavy atom. The van der Waals surface area contributed by atoms with E-state index in [1.54, 1.807) is 12.4 Å². The molecule has 2 aliphatic rings. The Morgan fingerprint density at radius 3 is 2.51 bits per heavy atom. The largest absolute Gasteiger partial charge is 0.444 e. The molecule has 1 spiro atoms. The van der Waals surface area contributed by atoms with E-state index >= 15 is 0 Å². The Bertz CT molecular complexity index is 1840. The van der Waals surface area contributed by atoms with Crippen molar-refractivity contribution in [3.63, 3.8) is 0 Å². The van der Waals surface area contributed by atoms with Gasteiger partial charge in [0, 0.05) is 36.6 Å². The number of pyridine rings is 1. The quantitative estimate of drug-likeness (QED) is 0.213. The number of fused-ring (bicyclic) bond motifs is 2. The highest BCUT2D eigenvalue weighted by molar-refractivity contribution is 7.99. The Hall–Kier alpha value is -3.19. The molecule has 1 saturated heterocycles. The second kappa shape index (κ2) is 12.7. The van der Waals surface area contributed by atoms with E-state index in [2.05, 4.69) is 44.2 Å². The van der Waals surface area contributed by atoms with Crippen LogP contribution in [-0.4, -0.2) is 53.1 Å². The van der Waals surface area contributed by atoms with E-state index in [0.717, 1.165) is 37.2 Å². The normalized spacial score (nSPS) is 18.4. The fourth-order valence-corrected chi connectivity index (χ4v) is 8.53. The molecule has 1 aliphatic heterocycles. The highest BCUT2D eigenvalue weighted by Gasteiger charge is 2.49. The zero-order valence-electron chi connectivity index (χ0n) is 27.9. The first-order valence-corrected chi connectivity index (χ1v) is 18.2. The standard InChI is InChI=1S/C34H42ClN7O3S2/c1-21-25(35)24(12-15-36-21)46-26-28(39-31(43)45-32(2,3)4)38-30(42-19-16-37-29(26)42)41-17-13-34(14-18-41)20-22-10-8-9-11-23(22)27(34)40-47(44)33(5,6)7/h8-12,15-16,19,27,40H,13-14,17-18,20H2,1-7H3,(H,39,43)/t27-,47-/m1/s1. The van der Waals surface area contributed by atoms with Gasteiger partial charge in [-0.25, -0.2) is 18.7 Å². The lowest BCUT2D eigenvalue weighted by Gasteiger charge is -2.44. The Morgan fingerprint density at radius 1 is 1.09 bits per heavy atom.